The Balaban J connectivity index is 0.000001000. The molecule has 0 heterocycles. The third-order valence-electron chi connectivity index (χ3n) is 1.98. The summed E-state index contributed by atoms with van der Waals surface area (Å²) in [5, 5.41) is 0. The van der Waals surface area contributed by atoms with Crippen LogP contribution in [0.4, 0.5) is 0 Å². The average Bonchev–Trinajstić information content (AvgIpc) is 2.31. The third-order valence-corrected chi connectivity index (χ3v) is 1.98. The maximum atomic E-state index is 3.37. The van der Waals surface area contributed by atoms with Gasteiger partial charge in [-0.15, -0.1) is 13.3 Å². The summed E-state index contributed by atoms with van der Waals surface area (Å²) in [5.74, 6) is 0. The van der Waals surface area contributed by atoms with E-state index in [0.29, 0.717) is 0 Å². The van der Waals surface area contributed by atoms with Crippen molar-refractivity contribution in [2.24, 2.45) is 0 Å². The van der Waals surface area contributed by atoms with E-state index in [9.17, 15) is 0 Å². The normalized spacial score (nSPS) is 15.5. The van der Waals surface area contributed by atoms with Crippen molar-refractivity contribution in [3.05, 3.63) is 23.3 Å². The van der Waals surface area contributed by atoms with Crippen LogP contribution < -0.4 is 0 Å². The molecule has 0 fully saturated rings. The summed E-state index contributed by atoms with van der Waals surface area (Å²) in [6.45, 7) is 4.42. The topological polar surface area (TPSA) is 0 Å². The fourth-order valence-corrected chi connectivity index (χ4v) is 1.23. The summed E-state index contributed by atoms with van der Waals surface area (Å²) in [6.07, 6.45) is 10.5. The Kier molecular flexibility index (Phi) is 6.14. The van der Waals surface area contributed by atoms with Gasteiger partial charge in [0.25, 0.3) is 0 Å². The van der Waals surface area contributed by atoms with Crippen molar-refractivity contribution in [2.45, 2.75) is 39.5 Å². The molecule has 0 bridgehead atoms. The molecule has 0 saturated heterocycles. The second-order valence-corrected chi connectivity index (χ2v) is 2.85. The molecule has 1 rings (SSSR count). The number of rotatable bonds is 3. The summed E-state index contributed by atoms with van der Waals surface area (Å²) in [6, 6.07) is 0. The first kappa shape index (κ1) is 11.4. The van der Waals surface area contributed by atoms with E-state index in [4.69, 9.17) is 0 Å². The van der Waals surface area contributed by atoms with Gasteiger partial charge in [0.1, 0.15) is 0 Å². The summed E-state index contributed by atoms with van der Waals surface area (Å²) >= 11 is 0. The Morgan fingerprint density at radius 1 is 1.55 bits per heavy atom. The van der Waals surface area contributed by atoms with E-state index in [1.165, 1.54) is 30.4 Å². The first-order valence-corrected chi connectivity index (χ1v) is 4.11. The van der Waals surface area contributed by atoms with Gasteiger partial charge < -0.3 is 0 Å². The fourth-order valence-electron chi connectivity index (χ4n) is 1.23. The van der Waals surface area contributed by atoms with Crippen LogP contribution in [-0.2, 0) is 26.2 Å². The molecule has 0 aliphatic heterocycles. The van der Waals surface area contributed by atoms with Gasteiger partial charge in [0.05, 0.1) is 0 Å². The fraction of sp³-hybridized carbons (Fsp3) is 0.600. The van der Waals surface area contributed by atoms with Crippen LogP contribution in [0.2, 0.25) is 0 Å². The van der Waals surface area contributed by atoms with E-state index in [2.05, 4.69) is 26.0 Å². The molecule has 0 N–H and O–H groups in total. The molecule has 0 radical (unpaired) electrons. The van der Waals surface area contributed by atoms with Crippen molar-refractivity contribution in [3.63, 3.8) is 0 Å². The molecule has 0 nitrogen and oxygen atoms in total. The Morgan fingerprint density at radius 3 is 2.73 bits per heavy atom. The van der Waals surface area contributed by atoms with Crippen molar-refractivity contribution in [2.75, 3.05) is 0 Å². The SMILES string of the molecule is CCCCC1=[C-]CC=C1C.[Zr]. The van der Waals surface area contributed by atoms with Crippen molar-refractivity contribution < 1.29 is 26.2 Å². The molecule has 1 heteroatoms. The van der Waals surface area contributed by atoms with Crippen molar-refractivity contribution in [1.29, 1.82) is 0 Å². The minimum absolute atomic E-state index is 0. The second kappa shape index (κ2) is 5.94. The molecule has 0 amide bonds. The summed E-state index contributed by atoms with van der Waals surface area (Å²) < 4.78 is 0. The largest absolute Gasteiger partial charge is 0.269 e. The smallest absolute Gasteiger partial charge is 0 e. The predicted molar refractivity (Wildman–Crippen MR) is 44.7 cm³/mol. The quantitative estimate of drug-likeness (QED) is 0.648. The maximum Gasteiger partial charge on any atom is 0 e. The van der Waals surface area contributed by atoms with Crippen molar-refractivity contribution in [3.8, 4) is 0 Å². The van der Waals surface area contributed by atoms with Gasteiger partial charge in [0.15, 0.2) is 0 Å². The molecule has 60 valence electrons. The van der Waals surface area contributed by atoms with E-state index in [1.807, 2.05) is 0 Å². The zero-order valence-electron chi connectivity index (χ0n) is 7.41. The molecule has 0 atom stereocenters. The number of unbranched alkanes of at least 4 members (excludes halogenated alkanes) is 1. The van der Waals surface area contributed by atoms with Crippen LogP contribution in [0.1, 0.15) is 39.5 Å². The zero-order chi connectivity index (χ0) is 7.40. The van der Waals surface area contributed by atoms with Crippen molar-refractivity contribution in [1.82, 2.24) is 0 Å². The zero-order valence-corrected chi connectivity index (χ0v) is 9.86. The van der Waals surface area contributed by atoms with Gasteiger partial charge in [0.2, 0.25) is 0 Å². The minimum Gasteiger partial charge on any atom is -0.269 e. The van der Waals surface area contributed by atoms with Crippen LogP contribution in [0.15, 0.2) is 17.2 Å². The Hall–Kier alpha value is 0.363. The number of hydrogen-bond donors (Lipinski definition) is 0. The Labute approximate surface area is 88.9 Å². The van der Waals surface area contributed by atoms with Gasteiger partial charge in [0, 0.05) is 26.2 Å². The molecule has 0 aromatic rings. The van der Waals surface area contributed by atoms with E-state index >= 15 is 0 Å². The Bertz CT molecular complexity index is 166. The van der Waals surface area contributed by atoms with E-state index < -0.39 is 0 Å². The molecule has 0 spiro atoms. The van der Waals surface area contributed by atoms with Crippen molar-refractivity contribution >= 4 is 0 Å². The summed E-state index contributed by atoms with van der Waals surface area (Å²) in [5.41, 5.74) is 2.91. The molecular formula is C10H15Zr-. The predicted octanol–water partition coefficient (Wildman–Crippen LogP) is 3.25. The van der Waals surface area contributed by atoms with Gasteiger partial charge in [-0.25, -0.2) is 11.1 Å². The monoisotopic (exact) mass is 225 g/mol. The molecule has 11 heavy (non-hydrogen) atoms. The van der Waals surface area contributed by atoms with Crippen LogP contribution in [-0.4, -0.2) is 0 Å². The summed E-state index contributed by atoms with van der Waals surface area (Å²) in [4.78, 5) is 0. The second-order valence-electron chi connectivity index (χ2n) is 2.85. The summed E-state index contributed by atoms with van der Waals surface area (Å²) in [7, 11) is 0. The molecule has 1 aliphatic rings. The van der Waals surface area contributed by atoms with Gasteiger partial charge in [-0.3, -0.25) is 6.08 Å². The Morgan fingerprint density at radius 2 is 2.27 bits per heavy atom. The molecule has 1 aliphatic carbocycles. The van der Waals surface area contributed by atoms with Crippen LogP contribution >= 0.6 is 0 Å². The van der Waals surface area contributed by atoms with E-state index in [0.717, 1.165) is 6.42 Å². The number of hydrogen-bond acceptors (Lipinski definition) is 0. The molecule has 0 saturated carbocycles. The van der Waals surface area contributed by atoms with E-state index in [-0.39, 0.29) is 26.2 Å². The van der Waals surface area contributed by atoms with Crippen LogP contribution in [0.3, 0.4) is 0 Å². The first-order chi connectivity index (χ1) is 4.84. The van der Waals surface area contributed by atoms with Gasteiger partial charge >= 0.3 is 0 Å². The van der Waals surface area contributed by atoms with Gasteiger partial charge in [-0.2, -0.15) is 6.08 Å². The van der Waals surface area contributed by atoms with Crippen LogP contribution in [0.5, 0.6) is 0 Å². The van der Waals surface area contributed by atoms with Gasteiger partial charge in [-0.1, -0.05) is 26.2 Å². The van der Waals surface area contributed by atoms with E-state index in [1.54, 1.807) is 0 Å². The molecule has 0 aromatic carbocycles. The van der Waals surface area contributed by atoms with Crippen LogP contribution in [0.25, 0.3) is 0 Å². The third kappa shape index (κ3) is 3.51. The molecular weight excluding hydrogens is 211 g/mol. The van der Waals surface area contributed by atoms with Crippen LogP contribution in [0, 0.1) is 6.08 Å². The van der Waals surface area contributed by atoms with Gasteiger partial charge in [-0.05, 0) is 0 Å². The first-order valence-electron chi connectivity index (χ1n) is 4.11. The standard InChI is InChI=1S/C10H15.Zr/c1-3-4-7-10-8-5-6-9(10)2;/h6H,3-5,7H2,1-2H3;/q-1;. The minimum atomic E-state index is 0. The maximum absolute atomic E-state index is 3.37. The molecule has 0 unspecified atom stereocenters. The number of allylic oxidation sites excluding steroid dienone is 4. The average molecular weight is 226 g/mol. The molecule has 0 aromatic heterocycles.